The Bertz CT molecular complexity index is 669. The fourth-order valence-corrected chi connectivity index (χ4v) is 2.39. The van der Waals surface area contributed by atoms with Crippen LogP contribution in [-0.2, 0) is 0 Å². The van der Waals surface area contributed by atoms with E-state index in [2.05, 4.69) is 15.6 Å². The van der Waals surface area contributed by atoms with Gasteiger partial charge in [0.25, 0.3) is 5.91 Å². The second-order valence-corrected chi connectivity index (χ2v) is 5.02. The number of rotatable bonds is 2. The number of benzene rings is 1. The van der Waals surface area contributed by atoms with E-state index in [0.29, 0.717) is 24.5 Å². The minimum atomic E-state index is -0.298. The first-order valence-electron chi connectivity index (χ1n) is 6.84. The molecule has 6 nitrogen and oxygen atoms in total. The van der Waals surface area contributed by atoms with E-state index in [1.807, 2.05) is 0 Å². The van der Waals surface area contributed by atoms with Crippen LogP contribution in [0.2, 0.25) is 0 Å². The average Bonchev–Trinajstić information content (AvgIpc) is 2.97. The first kappa shape index (κ1) is 16.4. The van der Waals surface area contributed by atoms with Gasteiger partial charge in [-0.25, -0.2) is 9.07 Å². The van der Waals surface area contributed by atoms with Gasteiger partial charge in [-0.15, -0.1) is 17.5 Å². The Morgan fingerprint density at radius 1 is 1.32 bits per heavy atom. The molecule has 0 radical (unpaired) electrons. The van der Waals surface area contributed by atoms with Crippen molar-refractivity contribution in [1.82, 2.24) is 25.2 Å². The van der Waals surface area contributed by atoms with Gasteiger partial charge in [0.2, 0.25) is 0 Å². The predicted molar refractivity (Wildman–Crippen MR) is 82.1 cm³/mol. The fourth-order valence-electron chi connectivity index (χ4n) is 2.39. The number of hydrogen-bond acceptors (Lipinski definition) is 4. The first-order chi connectivity index (χ1) is 10.1. The highest BCUT2D eigenvalue weighted by Gasteiger charge is 2.21. The average molecular weight is 326 g/mol. The van der Waals surface area contributed by atoms with E-state index in [4.69, 9.17) is 0 Å². The summed E-state index contributed by atoms with van der Waals surface area (Å²) >= 11 is 0. The zero-order valence-corrected chi connectivity index (χ0v) is 12.9. The Morgan fingerprint density at radius 3 is 2.73 bits per heavy atom. The lowest BCUT2D eigenvalue weighted by Gasteiger charge is -2.26. The topological polar surface area (TPSA) is 63.1 Å². The molecule has 0 spiro atoms. The molecule has 1 saturated heterocycles. The fraction of sp³-hybridized carbons (Fsp3) is 0.357. The number of hydrogen-bond donors (Lipinski definition) is 1. The van der Waals surface area contributed by atoms with E-state index in [9.17, 15) is 9.18 Å². The first-order valence-corrected chi connectivity index (χ1v) is 6.84. The molecule has 1 amide bonds. The van der Waals surface area contributed by atoms with Gasteiger partial charge in [0.15, 0.2) is 5.69 Å². The van der Waals surface area contributed by atoms with Crippen molar-refractivity contribution in [3.05, 3.63) is 41.5 Å². The molecule has 3 rings (SSSR count). The predicted octanol–water partition coefficient (Wildman–Crippen LogP) is 1.18. The van der Waals surface area contributed by atoms with Gasteiger partial charge in [-0.1, -0.05) is 5.21 Å². The molecule has 1 N–H and O–H groups in total. The number of carbonyl (C=O) groups excluding carboxylic acids is 1. The number of nitrogens with zero attached hydrogens (tertiary/aromatic N) is 4. The molecule has 0 aliphatic carbocycles. The van der Waals surface area contributed by atoms with Crippen molar-refractivity contribution in [2.24, 2.45) is 0 Å². The Balaban J connectivity index is 0.00000176. The van der Waals surface area contributed by atoms with Crippen molar-refractivity contribution in [3.8, 4) is 5.69 Å². The molecule has 0 atom stereocenters. The van der Waals surface area contributed by atoms with E-state index in [1.165, 1.54) is 16.8 Å². The van der Waals surface area contributed by atoms with Gasteiger partial charge in [-0.3, -0.25) is 4.79 Å². The van der Waals surface area contributed by atoms with E-state index < -0.39 is 0 Å². The van der Waals surface area contributed by atoms with E-state index in [-0.39, 0.29) is 24.1 Å². The van der Waals surface area contributed by atoms with Gasteiger partial charge in [0.1, 0.15) is 5.82 Å². The molecule has 2 heterocycles. The number of amides is 1. The molecule has 1 aliphatic rings. The number of piperazine rings is 1. The largest absolute Gasteiger partial charge is 0.335 e. The second-order valence-electron chi connectivity index (χ2n) is 5.02. The minimum absolute atomic E-state index is 0. The number of aryl methyl sites for hydroxylation is 1. The lowest BCUT2D eigenvalue weighted by molar-refractivity contribution is 0.0730. The highest BCUT2D eigenvalue weighted by atomic mass is 35.5. The summed E-state index contributed by atoms with van der Waals surface area (Å²) < 4.78 is 14.6. The summed E-state index contributed by atoms with van der Waals surface area (Å²) in [6.07, 6.45) is 1.59. The Labute approximate surface area is 133 Å². The lowest BCUT2D eigenvalue weighted by Crippen LogP contribution is -2.46. The van der Waals surface area contributed by atoms with Crippen LogP contribution in [0.25, 0.3) is 5.69 Å². The lowest BCUT2D eigenvalue weighted by atomic mass is 10.2. The summed E-state index contributed by atoms with van der Waals surface area (Å²) in [6, 6.07) is 4.41. The van der Waals surface area contributed by atoms with Gasteiger partial charge < -0.3 is 10.2 Å². The normalized spacial score (nSPS) is 14.5. The smallest absolute Gasteiger partial charge is 0.276 e. The van der Waals surface area contributed by atoms with E-state index >= 15 is 0 Å². The van der Waals surface area contributed by atoms with Crippen molar-refractivity contribution in [1.29, 1.82) is 0 Å². The molecule has 1 aromatic heterocycles. The van der Waals surface area contributed by atoms with Crippen molar-refractivity contribution >= 4 is 18.3 Å². The third-order valence-electron chi connectivity index (χ3n) is 3.52. The summed E-state index contributed by atoms with van der Waals surface area (Å²) in [7, 11) is 0. The Morgan fingerprint density at radius 2 is 2.05 bits per heavy atom. The molecular formula is C14H17ClFN5O. The van der Waals surface area contributed by atoms with Crippen molar-refractivity contribution < 1.29 is 9.18 Å². The number of halogens is 2. The van der Waals surface area contributed by atoms with Crippen LogP contribution in [0.1, 0.15) is 16.1 Å². The summed E-state index contributed by atoms with van der Waals surface area (Å²) in [4.78, 5) is 14.1. The molecule has 0 unspecified atom stereocenters. The van der Waals surface area contributed by atoms with Crippen LogP contribution in [0, 0.1) is 12.7 Å². The number of nitrogens with one attached hydrogen (secondary N) is 1. The number of aromatic nitrogens is 3. The van der Waals surface area contributed by atoms with Gasteiger partial charge in [0.05, 0.1) is 11.9 Å². The van der Waals surface area contributed by atoms with Gasteiger partial charge in [0, 0.05) is 26.2 Å². The molecule has 1 aromatic carbocycles. The van der Waals surface area contributed by atoms with Crippen LogP contribution in [-0.4, -0.2) is 52.0 Å². The summed E-state index contributed by atoms with van der Waals surface area (Å²) in [5.74, 6) is -0.420. The third-order valence-corrected chi connectivity index (χ3v) is 3.52. The summed E-state index contributed by atoms with van der Waals surface area (Å²) in [5.41, 5.74) is 1.75. The Hall–Kier alpha value is -1.99. The molecule has 22 heavy (non-hydrogen) atoms. The maximum absolute atomic E-state index is 13.1. The minimum Gasteiger partial charge on any atom is -0.335 e. The quantitative estimate of drug-likeness (QED) is 0.900. The SMILES string of the molecule is Cc1cc(F)ccc1-n1cc(C(=O)N2CCNCC2)nn1.Cl. The maximum Gasteiger partial charge on any atom is 0.276 e. The Kier molecular flexibility index (Phi) is 5.10. The molecular weight excluding hydrogens is 309 g/mol. The summed E-state index contributed by atoms with van der Waals surface area (Å²) in [5, 5.41) is 11.1. The third kappa shape index (κ3) is 3.26. The van der Waals surface area contributed by atoms with E-state index in [0.717, 1.165) is 18.7 Å². The van der Waals surface area contributed by atoms with Crippen LogP contribution in [0.3, 0.4) is 0 Å². The van der Waals surface area contributed by atoms with Crippen molar-refractivity contribution in [2.75, 3.05) is 26.2 Å². The molecule has 1 aliphatic heterocycles. The molecule has 0 saturated carbocycles. The van der Waals surface area contributed by atoms with Gasteiger partial charge in [-0.2, -0.15) is 0 Å². The van der Waals surface area contributed by atoms with Crippen LogP contribution in [0.15, 0.2) is 24.4 Å². The summed E-state index contributed by atoms with van der Waals surface area (Å²) in [6.45, 7) is 4.70. The molecule has 2 aromatic rings. The van der Waals surface area contributed by atoms with Gasteiger partial charge in [-0.05, 0) is 30.7 Å². The van der Waals surface area contributed by atoms with Crippen LogP contribution < -0.4 is 5.32 Å². The zero-order valence-electron chi connectivity index (χ0n) is 12.1. The standard InChI is InChI=1S/C14H16FN5O.ClH/c1-10-8-11(15)2-3-13(10)20-9-12(17-18-20)14(21)19-6-4-16-5-7-19;/h2-3,8-9,16H,4-7H2,1H3;1H. The van der Waals surface area contributed by atoms with Crippen molar-refractivity contribution in [3.63, 3.8) is 0 Å². The molecule has 8 heteroatoms. The number of carbonyl (C=O) groups is 1. The molecule has 118 valence electrons. The maximum atomic E-state index is 13.1. The van der Waals surface area contributed by atoms with Crippen molar-refractivity contribution in [2.45, 2.75) is 6.92 Å². The molecule has 1 fully saturated rings. The molecule has 0 bridgehead atoms. The van der Waals surface area contributed by atoms with Crippen LogP contribution in [0.4, 0.5) is 4.39 Å². The van der Waals surface area contributed by atoms with Crippen LogP contribution >= 0.6 is 12.4 Å². The highest BCUT2D eigenvalue weighted by Crippen LogP contribution is 2.15. The monoisotopic (exact) mass is 325 g/mol. The highest BCUT2D eigenvalue weighted by molar-refractivity contribution is 5.92. The zero-order chi connectivity index (χ0) is 14.8. The van der Waals surface area contributed by atoms with Crippen LogP contribution in [0.5, 0.6) is 0 Å². The second kappa shape index (κ2) is 6.85. The van der Waals surface area contributed by atoms with Gasteiger partial charge >= 0.3 is 0 Å². The van der Waals surface area contributed by atoms with E-state index in [1.54, 1.807) is 24.1 Å².